The molecular formula is C22H22N3O3+. The number of carbonyl (C=O) groups is 2. The van der Waals surface area contributed by atoms with Gasteiger partial charge in [0.1, 0.15) is 6.54 Å². The Morgan fingerprint density at radius 3 is 2.57 bits per heavy atom. The molecule has 2 aromatic carbocycles. The van der Waals surface area contributed by atoms with Gasteiger partial charge >= 0.3 is 0 Å². The van der Waals surface area contributed by atoms with Crippen molar-refractivity contribution < 1.29 is 19.3 Å². The fourth-order valence-corrected chi connectivity index (χ4v) is 3.55. The van der Waals surface area contributed by atoms with Crippen LogP contribution >= 0.6 is 0 Å². The minimum atomic E-state index is -0.408. The number of benzene rings is 2. The van der Waals surface area contributed by atoms with Crippen LogP contribution in [0.15, 0.2) is 77.4 Å². The maximum absolute atomic E-state index is 13.2. The molecule has 0 bridgehead atoms. The minimum absolute atomic E-state index is 0.0186. The first-order valence-corrected chi connectivity index (χ1v) is 9.27. The van der Waals surface area contributed by atoms with Crippen LogP contribution in [0.1, 0.15) is 24.3 Å². The van der Waals surface area contributed by atoms with E-state index in [1.807, 2.05) is 72.9 Å². The molecule has 6 heteroatoms. The molecule has 1 aliphatic rings. The highest BCUT2D eigenvalue weighted by Gasteiger charge is 2.33. The van der Waals surface area contributed by atoms with Crippen LogP contribution < -0.4 is 15.5 Å². The van der Waals surface area contributed by atoms with Crippen LogP contribution in [0.3, 0.4) is 0 Å². The van der Waals surface area contributed by atoms with Crippen molar-refractivity contribution in [3.8, 4) is 0 Å². The lowest BCUT2D eigenvalue weighted by Gasteiger charge is -2.31. The molecule has 0 fully saturated rings. The molecule has 3 aromatic rings. The lowest BCUT2D eigenvalue weighted by atomic mass is 10.0. The molecule has 0 unspecified atom stereocenters. The number of quaternary nitrogens is 1. The Balaban J connectivity index is 1.59. The molecule has 0 spiro atoms. The number of nitrogens with zero attached hydrogens (tertiary/aromatic N) is 1. The molecule has 1 aliphatic heterocycles. The van der Waals surface area contributed by atoms with Crippen molar-refractivity contribution in [3.05, 3.63) is 84.3 Å². The predicted octanol–water partition coefficient (Wildman–Crippen LogP) is 2.31. The predicted molar refractivity (Wildman–Crippen MR) is 106 cm³/mol. The molecule has 0 aliphatic carbocycles. The Bertz CT molecular complexity index is 970. The second kappa shape index (κ2) is 7.70. The quantitative estimate of drug-likeness (QED) is 0.717. The van der Waals surface area contributed by atoms with Crippen LogP contribution in [-0.4, -0.2) is 24.4 Å². The summed E-state index contributed by atoms with van der Waals surface area (Å²) in [6.07, 6.45) is 1.64. The maximum Gasteiger partial charge on any atom is 0.285 e. The first-order valence-electron chi connectivity index (χ1n) is 9.27. The SMILES string of the molecule is C[C@@H]([NH2+][C@H](c1ccccc1)c1ccco1)C(=O)N1CC(=O)Nc2ccccc21. The molecule has 0 saturated carbocycles. The third-order valence-electron chi connectivity index (χ3n) is 4.92. The smallest absolute Gasteiger partial charge is 0.285 e. The van der Waals surface area contributed by atoms with Gasteiger partial charge in [0.2, 0.25) is 5.91 Å². The van der Waals surface area contributed by atoms with Gasteiger partial charge < -0.3 is 15.1 Å². The average molecular weight is 376 g/mol. The number of rotatable bonds is 5. The summed E-state index contributed by atoms with van der Waals surface area (Å²) in [5.41, 5.74) is 2.43. The molecule has 2 amide bonds. The van der Waals surface area contributed by atoms with Crippen LogP contribution in [0.2, 0.25) is 0 Å². The Morgan fingerprint density at radius 1 is 1.07 bits per heavy atom. The van der Waals surface area contributed by atoms with Crippen LogP contribution in [-0.2, 0) is 9.59 Å². The van der Waals surface area contributed by atoms with Gasteiger partial charge in [-0.15, -0.1) is 0 Å². The van der Waals surface area contributed by atoms with Crippen molar-refractivity contribution in [3.63, 3.8) is 0 Å². The van der Waals surface area contributed by atoms with Gasteiger partial charge in [-0.2, -0.15) is 0 Å². The molecular weight excluding hydrogens is 354 g/mol. The van der Waals surface area contributed by atoms with E-state index >= 15 is 0 Å². The monoisotopic (exact) mass is 376 g/mol. The number of carbonyl (C=O) groups excluding carboxylic acids is 2. The van der Waals surface area contributed by atoms with Gasteiger partial charge in [0, 0.05) is 5.56 Å². The summed E-state index contributed by atoms with van der Waals surface area (Å²) in [5, 5.41) is 4.79. The summed E-state index contributed by atoms with van der Waals surface area (Å²) in [5.74, 6) is 0.474. The summed E-state index contributed by atoms with van der Waals surface area (Å²) in [7, 11) is 0. The highest BCUT2D eigenvalue weighted by Crippen LogP contribution is 2.29. The summed E-state index contributed by atoms with van der Waals surface area (Å²) in [4.78, 5) is 26.8. The molecule has 1 aromatic heterocycles. The molecule has 142 valence electrons. The largest absolute Gasteiger partial charge is 0.463 e. The Labute approximate surface area is 163 Å². The standard InChI is InChI=1S/C22H21N3O3/c1-15(22(27)25-14-20(26)24-17-10-5-6-11-18(17)25)23-21(19-12-7-13-28-19)16-8-3-2-4-9-16/h2-13,15,21,23H,14H2,1H3,(H,24,26)/p+1/t15-,21-/m1/s1. The fourth-order valence-electron chi connectivity index (χ4n) is 3.55. The van der Waals surface area contributed by atoms with Crippen LogP contribution in [0.25, 0.3) is 0 Å². The molecule has 4 rings (SSSR count). The number of nitrogens with two attached hydrogens (primary N) is 1. The van der Waals surface area contributed by atoms with Gasteiger partial charge in [-0.25, -0.2) is 0 Å². The lowest BCUT2D eigenvalue weighted by Crippen LogP contribution is -2.93. The van der Waals surface area contributed by atoms with Gasteiger partial charge in [-0.05, 0) is 31.2 Å². The first-order chi connectivity index (χ1) is 13.6. The molecule has 0 saturated heterocycles. The number of furan rings is 1. The van der Waals surface area contributed by atoms with Gasteiger partial charge in [0.15, 0.2) is 17.8 Å². The van der Waals surface area contributed by atoms with Gasteiger partial charge in [0.25, 0.3) is 5.91 Å². The number of nitrogens with one attached hydrogen (secondary N) is 1. The van der Waals surface area contributed by atoms with Gasteiger partial charge in [-0.1, -0.05) is 42.5 Å². The Morgan fingerprint density at radius 2 is 1.82 bits per heavy atom. The zero-order valence-corrected chi connectivity index (χ0v) is 15.5. The fraction of sp³-hybridized carbons (Fsp3) is 0.182. The Kier molecular flexibility index (Phi) is 4.95. The van der Waals surface area contributed by atoms with Crippen molar-refractivity contribution in [1.29, 1.82) is 0 Å². The third kappa shape index (κ3) is 3.54. The summed E-state index contributed by atoms with van der Waals surface area (Å²) in [6, 6.07) is 20.5. The van der Waals surface area contributed by atoms with E-state index in [1.54, 1.807) is 17.2 Å². The summed E-state index contributed by atoms with van der Waals surface area (Å²) in [6.45, 7) is 1.88. The van der Waals surface area contributed by atoms with E-state index in [4.69, 9.17) is 4.42 Å². The molecule has 2 atom stereocenters. The topological polar surface area (TPSA) is 79.2 Å². The molecule has 0 radical (unpaired) electrons. The number of para-hydroxylation sites is 2. The van der Waals surface area contributed by atoms with Crippen molar-refractivity contribution in [2.75, 3.05) is 16.8 Å². The number of fused-ring (bicyclic) bond motifs is 1. The highest BCUT2D eigenvalue weighted by atomic mass is 16.3. The number of anilines is 2. The van der Waals surface area contributed by atoms with E-state index in [0.29, 0.717) is 5.69 Å². The van der Waals surface area contributed by atoms with Crippen molar-refractivity contribution in [1.82, 2.24) is 0 Å². The average Bonchev–Trinajstić information content (AvgIpc) is 3.25. The normalized spacial score (nSPS) is 15.5. The van der Waals surface area contributed by atoms with E-state index in [0.717, 1.165) is 17.0 Å². The highest BCUT2D eigenvalue weighted by molar-refractivity contribution is 6.10. The molecule has 2 heterocycles. The van der Waals surface area contributed by atoms with Crippen LogP contribution in [0, 0.1) is 0 Å². The zero-order chi connectivity index (χ0) is 19.5. The van der Waals surface area contributed by atoms with E-state index in [2.05, 4.69) is 5.32 Å². The zero-order valence-electron chi connectivity index (χ0n) is 15.5. The maximum atomic E-state index is 13.2. The van der Waals surface area contributed by atoms with Crippen LogP contribution in [0.4, 0.5) is 11.4 Å². The number of hydrogen-bond acceptors (Lipinski definition) is 3. The van der Waals surface area contributed by atoms with E-state index < -0.39 is 6.04 Å². The minimum Gasteiger partial charge on any atom is -0.463 e. The van der Waals surface area contributed by atoms with E-state index in [-0.39, 0.29) is 24.4 Å². The first kappa shape index (κ1) is 18.0. The van der Waals surface area contributed by atoms with E-state index in [1.165, 1.54) is 0 Å². The van der Waals surface area contributed by atoms with E-state index in [9.17, 15) is 9.59 Å². The van der Waals surface area contributed by atoms with Crippen molar-refractivity contribution >= 4 is 23.2 Å². The van der Waals surface area contributed by atoms with Gasteiger partial charge in [0.05, 0.1) is 17.6 Å². The number of hydrogen-bond donors (Lipinski definition) is 2. The summed E-state index contributed by atoms with van der Waals surface area (Å²) < 4.78 is 5.63. The third-order valence-corrected chi connectivity index (χ3v) is 4.92. The molecule has 28 heavy (non-hydrogen) atoms. The van der Waals surface area contributed by atoms with Crippen LogP contribution in [0.5, 0.6) is 0 Å². The van der Waals surface area contributed by atoms with Gasteiger partial charge in [-0.3, -0.25) is 14.5 Å². The molecule has 3 N–H and O–H groups in total. The second-order valence-corrected chi connectivity index (χ2v) is 6.87. The number of amides is 2. The second-order valence-electron chi connectivity index (χ2n) is 6.87. The van der Waals surface area contributed by atoms with Crippen molar-refractivity contribution in [2.24, 2.45) is 0 Å². The molecule has 6 nitrogen and oxygen atoms in total. The lowest BCUT2D eigenvalue weighted by molar-refractivity contribution is -0.706. The summed E-state index contributed by atoms with van der Waals surface area (Å²) >= 11 is 0. The van der Waals surface area contributed by atoms with Crippen molar-refractivity contribution in [2.45, 2.75) is 19.0 Å². The Hall–Kier alpha value is -3.38.